The van der Waals surface area contributed by atoms with E-state index >= 15 is 0 Å². The first-order valence-corrected chi connectivity index (χ1v) is 14.2. The molecule has 0 aliphatic heterocycles. The Bertz CT molecular complexity index is 1340. The average molecular weight is 557 g/mol. The van der Waals surface area contributed by atoms with Gasteiger partial charge in [0.05, 0.1) is 0 Å². The quantitative estimate of drug-likeness (QED) is 0.187. The molecule has 0 aromatic heterocycles. The van der Waals surface area contributed by atoms with E-state index in [1.165, 1.54) is 0 Å². The van der Waals surface area contributed by atoms with Crippen molar-refractivity contribution in [1.82, 2.24) is 4.90 Å². The molecule has 1 rings (SSSR count). The summed E-state index contributed by atoms with van der Waals surface area (Å²) in [6.45, 7) is 28.1. The molecule has 0 saturated heterocycles. The van der Waals surface area contributed by atoms with Crippen molar-refractivity contribution in [2.24, 2.45) is 0 Å². The highest BCUT2D eigenvalue weighted by atomic mass is 15.2. The van der Waals surface area contributed by atoms with Crippen LogP contribution >= 0.6 is 0 Å². The van der Waals surface area contributed by atoms with Crippen molar-refractivity contribution in [2.75, 3.05) is 4.90 Å². The van der Waals surface area contributed by atoms with Crippen LogP contribution in [0, 0.1) is 0 Å². The summed E-state index contributed by atoms with van der Waals surface area (Å²) >= 11 is 0. The summed E-state index contributed by atoms with van der Waals surface area (Å²) in [6.07, 6.45) is 34.1. The molecule has 0 aliphatic carbocycles. The van der Waals surface area contributed by atoms with Gasteiger partial charge in [-0.25, -0.2) is 0 Å². The lowest BCUT2D eigenvalue weighted by atomic mass is 10.1. The van der Waals surface area contributed by atoms with Crippen LogP contribution in [-0.4, -0.2) is 4.90 Å². The fraction of sp³-hybridized carbons (Fsp3) is 0.150. The molecule has 0 atom stereocenters. The highest BCUT2D eigenvalue weighted by Crippen LogP contribution is 2.26. The zero-order chi connectivity index (χ0) is 31.3. The summed E-state index contributed by atoms with van der Waals surface area (Å²) in [7, 11) is 0. The number of anilines is 1. The Hall–Kier alpha value is -4.82. The predicted octanol–water partition coefficient (Wildman–Crippen LogP) is 11.6. The van der Waals surface area contributed by atoms with E-state index in [4.69, 9.17) is 0 Å². The molecule has 0 unspecified atom stereocenters. The summed E-state index contributed by atoms with van der Waals surface area (Å²) in [5.74, 6) is 0. The molecule has 218 valence electrons. The van der Waals surface area contributed by atoms with Gasteiger partial charge in [0.2, 0.25) is 0 Å². The van der Waals surface area contributed by atoms with Crippen LogP contribution in [0.2, 0.25) is 0 Å². The van der Waals surface area contributed by atoms with Crippen LogP contribution < -0.4 is 4.90 Å². The molecule has 0 saturated carbocycles. The number of hydrogen-bond donors (Lipinski definition) is 0. The minimum Gasteiger partial charge on any atom is -0.315 e. The van der Waals surface area contributed by atoms with Gasteiger partial charge in [-0.15, -0.1) is 0 Å². The molecule has 0 amide bonds. The summed E-state index contributed by atoms with van der Waals surface area (Å²) in [6, 6.07) is 10.4. The van der Waals surface area contributed by atoms with Crippen LogP contribution in [0.3, 0.4) is 0 Å². The molecule has 42 heavy (non-hydrogen) atoms. The molecule has 2 heteroatoms. The van der Waals surface area contributed by atoms with E-state index in [1.807, 2.05) is 63.3 Å². The summed E-state index contributed by atoms with van der Waals surface area (Å²) in [5.41, 5.74) is 8.40. The van der Waals surface area contributed by atoms with Crippen LogP contribution in [0.1, 0.15) is 41.5 Å². The van der Waals surface area contributed by atoms with Crippen molar-refractivity contribution in [1.29, 1.82) is 0 Å². The smallest absolute Gasteiger partial charge is 0.0458 e. The van der Waals surface area contributed by atoms with Crippen LogP contribution in [0.4, 0.5) is 5.69 Å². The third kappa shape index (κ3) is 11.0. The highest BCUT2D eigenvalue weighted by Gasteiger charge is 2.13. The Kier molecular flexibility index (Phi) is 16.9. The van der Waals surface area contributed by atoms with Crippen molar-refractivity contribution in [3.63, 3.8) is 0 Å². The van der Waals surface area contributed by atoms with E-state index in [0.717, 1.165) is 45.3 Å². The first-order valence-electron chi connectivity index (χ1n) is 14.2. The average Bonchev–Trinajstić information content (AvgIpc) is 2.99. The van der Waals surface area contributed by atoms with E-state index in [2.05, 4.69) is 130 Å². The van der Waals surface area contributed by atoms with E-state index in [9.17, 15) is 0 Å². The number of para-hydroxylation sites is 1. The van der Waals surface area contributed by atoms with E-state index in [1.54, 1.807) is 18.2 Å². The van der Waals surface area contributed by atoms with Crippen LogP contribution in [0.15, 0.2) is 200 Å². The van der Waals surface area contributed by atoms with Gasteiger partial charge in [0, 0.05) is 34.2 Å². The lowest BCUT2D eigenvalue weighted by Crippen LogP contribution is -2.19. The minimum atomic E-state index is 0.998. The lowest BCUT2D eigenvalue weighted by molar-refractivity contribution is 0.560. The van der Waals surface area contributed by atoms with Crippen molar-refractivity contribution >= 4 is 5.69 Å². The van der Waals surface area contributed by atoms with Gasteiger partial charge in [-0.1, -0.05) is 105 Å². The Morgan fingerprint density at radius 3 is 1.67 bits per heavy atom. The van der Waals surface area contributed by atoms with Crippen molar-refractivity contribution in [3.8, 4) is 0 Å². The fourth-order valence-electron chi connectivity index (χ4n) is 4.21. The van der Waals surface area contributed by atoms with Crippen LogP contribution in [0.5, 0.6) is 0 Å². The molecule has 0 spiro atoms. The SMILES string of the molecule is C=C/C=C\C(=C/C)N(/C(C)=C/C=C(C)/C(C=C)=C/C=C(\C)N(C(/C=C\C)=C/C=C)C(/C=C\C)=C/C=C)c1ccccc1. The molecular formula is C40H48N2. The third-order valence-electron chi connectivity index (χ3n) is 6.20. The van der Waals surface area contributed by atoms with Gasteiger partial charge in [0.15, 0.2) is 0 Å². The Labute approximate surface area is 256 Å². The first kappa shape index (κ1) is 35.2. The largest absolute Gasteiger partial charge is 0.315 e. The van der Waals surface area contributed by atoms with Crippen molar-refractivity contribution < 1.29 is 0 Å². The monoisotopic (exact) mass is 556 g/mol. The molecule has 2 nitrogen and oxygen atoms in total. The molecular weight excluding hydrogens is 508 g/mol. The van der Waals surface area contributed by atoms with Gasteiger partial charge in [0.25, 0.3) is 0 Å². The van der Waals surface area contributed by atoms with E-state index in [-0.39, 0.29) is 0 Å². The Morgan fingerprint density at radius 2 is 1.19 bits per heavy atom. The number of benzene rings is 1. The minimum absolute atomic E-state index is 0.998. The van der Waals surface area contributed by atoms with Crippen LogP contribution in [0.25, 0.3) is 0 Å². The summed E-state index contributed by atoms with van der Waals surface area (Å²) < 4.78 is 0. The summed E-state index contributed by atoms with van der Waals surface area (Å²) in [5, 5.41) is 0. The normalized spacial score (nSPS) is 14.6. The zero-order valence-corrected chi connectivity index (χ0v) is 26.4. The molecule has 0 N–H and O–H groups in total. The topological polar surface area (TPSA) is 6.48 Å². The van der Waals surface area contributed by atoms with Gasteiger partial charge < -0.3 is 9.80 Å². The van der Waals surface area contributed by atoms with E-state index in [0.29, 0.717) is 0 Å². The number of nitrogens with zero attached hydrogens (tertiary/aromatic N) is 2. The molecule has 0 fully saturated rings. The van der Waals surface area contributed by atoms with Crippen molar-refractivity contribution in [2.45, 2.75) is 41.5 Å². The number of rotatable bonds is 16. The second-order valence-electron chi connectivity index (χ2n) is 9.26. The molecule has 0 aliphatic rings. The number of hydrogen-bond acceptors (Lipinski definition) is 2. The molecule has 1 aromatic rings. The standard InChI is InChI=1S/C40H48N2/c1-11-18-26-37(17-7)41(40-27-20-19-21-28-40)34(9)30-29-33(8)36(16-6)32-31-35(10)42(38(22-12-2)23-13-3)39(24-14-4)25-15-5/h11-32H,1-2,4,6H2,3,5,7-10H3/b23-13-,25-15-,26-18-,33-29+,34-30+,35-31+,36-32+,37-17+,38-22+,39-24+. The van der Waals surface area contributed by atoms with Crippen LogP contribution in [-0.2, 0) is 0 Å². The van der Waals surface area contributed by atoms with Crippen molar-refractivity contribution in [3.05, 3.63) is 200 Å². The lowest BCUT2D eigenvalue weighted by Gasteiger charge is -2.27. The first-order chi connectivity index (χ1) is 20.3. The maximum atomic E-state index is 4.10. The maximum absolute atomic E-state index is 4.10. The van der Waals surface area contributed by atoms with Gasteiger partial charge >= 0.3 is 0 Å². The fourth-order valence-corrected chi connectivity index (χ4v) is 4.21. The number of allylic oxidation sites excluding steroid dienone is 21. The Morgan fingerprint density at radius 1 is 0.619 bits per heavy atom. The van der Waals surface area contributed by atoms with E-state index < -0.39 is 0 Å². The predicted molar refractivity (Wildman–Crippen MR) is 190 cm³/mol. The van der Waals surface area contributed by atoms with Gasteiger partial charge in [0.1, 0.15) is 0 Å². The van der Waals surface area contributed by atoms with Gasteiger partial charge in [-0.05, 0) is 107 Å². The molecule has 1 aromatic carbocycles. The summed E-state index contributed by atoms with van der Waals surface area (Å²) in [4.78, 5) is 4.41. The molecule has 0 radical (unpaired) electrons. The second kappa shape index (κ2) is 20.1. The third-order valence-corrected chi connectivity index (χ3v) is 6.20. The van der Waals surface area contributed by atoms with Gasteiger partial charge in [-0.3, -0.25) is 0 Å². The molecule has 0 bridgehead atoms. The zero-order valence-electron chi connectivity index (χ0n) is 26.4. The maximum Gasteiger partial charge on any atom is 0.0458 e. The van der Waals surface area contributed by atoms with Gasteiger partial charge in [-0.2, -0.15) is 0 Å². The second-order valence-corrected chi connectivity index (χ2v) is 9.26. The molecule has 0 heterocycles. The Balaban J connectivity index is 3.62. The highest BCUT2D eigenvalue weighted by molar-refractivity contribution is 5.60.